The van der Waals surface area contributed by atoms with Crippen LogP contribution in [-0.4, -0.2) is 35.3 Å². The van der Waals surface area contributed by atoms with Crippen molar-refractivity contribution in [3.63, 3.8) is 0 Å². The second kappa shape index (κ2) is 7.00. The molecule has 2 aromatic heterocycles. The molecule has 11 heteroatoms. The SMILES string of the molecule is Cc1cc(C(=O)N/N=C/c2ccc(S(=O)(=O)[O-])o2)n[nH]1.[Na+]. The minimum atomic E-state index is -4.64. The number of carbonyl (C=O) groups is 1. The standard InChI is InChI=1S/C10H10N4O5S.Na/c1-6-4-8(13-12-6)10(15)14-11-5-7-2-3-9(19-7)20(16,17)18;/h2-5H,1H3,(H,12,13)(H,14,15)(H,16,17,18);/q;+1/p-1/b11-5+;. The van der Waals surface area contributed by atoms with E-state index in [1.165, 1.54) is 12.1 Å². The van der Waals surface area contributed by atoms with Crippen LogP contribution in [0.4, 0.5) is 0 Å². The van der Waals surface area contributed by atoms with Gasteiger partial charge in [-0.1, -0.05) is 0 Å². The quantitative estimate of drug-likeness (QED) is 0.266. The Labute approximate surface area is 141 Å². The molecule has 21 heavy (non-hydrogen) atoms. The number of hydrogen-bond donors (Lipinski definition) is 2. The van der Waals surface area contributed by atoms with E-state index in [1.807, 2.05) is 0 Å². The smallest absolute Gasteiger partial charge is 0.742 e. The molecule has 0 saturated heterocycles. The number of aromatic nitrogens is 2. The van der Waals surface area contributed by atoms with Crippen molar-refractivity contribution >= 4 is 22.2 Å². The number of hydrazone groups is 1. The zero-order valence-electron chi connectivity index (χ0n) is 11.2. The molecule has 0 fully saturated rings. The number of aryl methyl sites for hydroxylation is 1. The van der Waals surface area contributed by atoms with Gasteiger partial charge in [-0.25, -0.2) is 13.8 Å². The van der Waals surface area contributed by atoms with E-state index in [2.05, 4.69) is 20.7 Å². The zero-order valence-corrected chi connectivity index (χ0v) is 14.0. The molecular formula is C10H9N4NaO5S. The first-order valence-corrected chi connectivity index (χ1v) is 6.68. The molecule has 9 nitrogen and oxygen atoms in total. The minimum absolute atomic E-state index is 0. The van der Waals surface area contributed by atoms with Gasteiger partial charge < -0.3 is 8.97 Å². The van der Waals surface area contributed by atoms with E-state index >= 15 is 0 Å². The monoisotopic (exact) mass is 320 g/mol. The molecule has 0 radical (unpaired) electrons. The van der Waals surface area contributed by atoms with Gasteiger partial charge in [0.1, 0.15) is 5.76 Å². The molecule has 1 amide bonds. The van der Waals surface area contributed by atoms with Crippen LogP contribution in [-0.2, 0) is 10.1 Å². The molecule has 0 unspecified atom stereocenters. The zero-order chi connectivity index (χ0) is 14.8. The van der Waals surface area contributed by atoms with E-state index in [0.29, 0.717) is 0 Å². The number of carbonyl (C=O) groups excluding carboxylic acids is 1. The molecule has 0 aliphatic rings. The van der Waals surface area contributed by atoms with Gasteiger partial charge in [-0.2, -0.15) is 10.2 Å². The molecule has 2 rings (SSSR count). The molecule has 106 valence electrons. The van der Waals surface area contributed by atoms with Gasteiger partial charge in [0, 0.05) is 5.69 Å². The van der Waals surface area contributed by atoms with Crippen molar-refractivity contribution in [3.05, 3.63) is 35.3 Å². The summed E-state index contributed by atoms with van der Waals surface area (Å²) in [5.41, 5.74) is 3.04. The van der Waals surface area contributed by atoms with Crippen LogP contribution >= 0.6 is 0 Å². The van der Waals surface area contributed by atoms with E-state index in [4.69, 9.17) is 4.42 Å². The van der Waals surface area contributed by atoms with Gasteiger partial charge in [0.25, 0.3) is 5.91 Å². The predicted molar refractivity (Wildman–Crippen MR) is 65.1 cm³/mol. The average molecular weight is 320 g/mol. The molecule has 0 aromatic carbocycles. The van der Waals surface area contributed by atoms with Crippen LogP contribution in [0.1, 0.15) is 21.9 Å². The van der Waals surface area contributed by atoms with E-state index in [0.717, 1.165) is 18.0 Å². The van der Waals surface area contributed by atoms with E-state index in [-0.39, 0.29) is 41.0 Å². The summed E-state index contributed by atoms with van der Waals surface area (Å²) in [6, 6.07) is 3.77. The average Bonchev–Trinajstić information content (AvgIpc) is 2.97. The summed E-state index contributed by atoms with van der Waals surface area (Å²) in [6.45, 7) is 1.74. The first kappa shape index (κ1) is 17.6. The van der Waals surface area contributed by atoms with Gasteiger partial charge in [-0.3, -0.25) is 9.89 Å². The Balaban J connectivity index is 0.00000220. The van der Waals surface area contributed by atoms with Crippen molar-refractivity contribution in [1.29, 1.82) is 0 Å². The summed E-state index contributed by atoms with van der Waals surface area (Å²) < 4.78 is 36.6. The second-order valence-corrected chi connectivity index (χ2v) is 5.06. The van der Waals surface area contributed by atoms with Crippen molar-refractivity contribution < 1.29 is 51.7 Å². The van der Waals surface area contributed by atoms with Gasteiger partial charge >= 0.3 is 29.6 Å². The van der Waals surface area contributed by atoms with Crippen molar-refractivity contribution in [3.8, 4) is 0 Å². The van der Waals surface area contributed by atoms with E-state index in [1.54, 1.807) is 6.92 Å². The Kier molecular flexibility index (Phi) is 5.87. The molecule has 2 heterocycles. The Morgan fingerprint density at radius 3 is 2.76 bits per heavy atom. The van der Waals surface area contributed by atoms with Crippen molar-refractivity contribution in [2.45, 2.75) is 12.0 Å². The number of nitrogens with zero attached hydrogens (tertiary/aromatic N) is 2. The summed E-state index contributed by atoms with van der Waals surface area (Å²) in [5.74, 6) is -0.535. The topological polar surface area (TPSA) is 140 Å². The maximum absolute atomic E-state index is 11.5. The fraction of sp³-hybridized carbons (Fsp3) is 0.100. The van der Waals surface area contributed by atoms with Crippen molar-refractivity contribution in [2.24, 2.45) is 5.10 Å². The molecule has 0 atom stereocenters. The Morgan fingerprint density at radius 2 is 2.24 bits per heavy atom. The van der Waals surface area contributed by atoms with Crippen LogP contribution < -0.4 is 35.0 Å². The number of aromatic amines is 1. The van der Waals surface area contributed by atoms with Crippen molar-refractivity contribution in [1.82, 2.24) is 15.6 Å². The normalized spacial score (nSPS) is 11.3. The number of H-pyrrole nitrogens is 1. The first-order valence-electron chi connectivity index (χ1n) is 5.27. The van der Waals surface area contributed by atoms with Crippen LogP contribution in [0.3, 0.4) is 0 Å². The van der Waals surface area contributed by atoms with Crippen LogP contribution in [0.5, 0.6) is 0 Å². The predicted octanol–water partition coefficient (Wildman–Crippen LogP) is -3.02. The number of furan rings is 1. The maximum atomic E-state index is 11.5. The molecule has 0 spiro atoms. The van der Waals surface area contributed by atoms with Crippen LogP contribution in [0.15, 0.2) is 32.8 Å². The molecule has 2 aromatic rings. The van der Waals surface area contributed by atoms with Crippen LogP contribution in [0.2, 0.25) is 0 Å². The fourth-order valence-corrected chi connectivity index (χ4v) is 1.72. The molecule has 0 aliphatic carbocycles. The van der Waals surface area contributed by atoms with Crippen LogP contribution in [0, 0.1) is 6.92 Å². The second-order valence-electron chi connectivity index (χ2n) is 3.75. The number of hydrogen-bond acceptors (Lipinski definition) is 7. The van der Waals surface area contributed by atoms with Gasteiger partial charge in [-0.15, -0.1) is 0 Å². The van der Waals surface area contributed by atoms with Gasteiger partial charge in [-0.05, 0) is 25.1 Å². The summed E-state index contributed by atoms with van der Waals surface area (Å²) in [7, 11) is -4.64. The third kappa shape index (κ3) is 4.79. The third-order valence-corrected chi connectivity index (χ3v) is 2.86. The number of amides is 1. The van der Waals surface area contributed by atoms with Gasteiger partial charge in [0.2, 0.25) is 5.09 Å². The summed E-state index contributed by atoms with van der Waals surface area (Å²) in [6.07, 6.45) is 1.06. The fourth-order valence-electron chi connectivity index (χ4n) is 1.28. The Hall–Kier alpha value is -1.46. The van der Waals surface area contributed by atoms with E-state index < -0.39 is 21.1 Å². The number of rotatable bonds is 4. The first-order chi connectivity index (χ1) is 9.36. The molecule has 0 aliphatic heterocycles. The molecule has 0 bridgehead atoms. The third-order valence-electron chi connectivity index (χ3n) is 2.14. The van der Waals surface area contributed by atoms with Crippen LogP contribution in [0.25, 0.3) is 0 Å². The largest absolute Gasteiger partial charge is 1.00 e. The summed E-state index contributed by atoms with van der Waals surface area (Å²) in [4.78, 5) is 11.5. The van der Waals surface area contributed by atoms with Gasteiger partial charge in [0.15, 0.2) is 15.8 Å². The molecular weight excluding hydrogens is 311 g/mol. The minimum Gasteiger partial charge on any atom is -0.742 e. The molecule has 0 saturated carbocycles. The Bertz CT molecular complexity index is 764. The Morgan fingerprint density at radius 1 is 1.52 bits per heavy atom. The van der Waals surface area contributed by atoms with Gasteiger partial charge in [0.05, 0.1) is 6.21 Å². The maximum Gasteiger partial charge on any atom is 1.00 e. The summed E-state index contributed by atoms with van der Waals surface area (Å²) in [5, 5.41) is 9.16. The number of nitrogens with one attached hydrogen (secondary N) is 2. The molecule has 2 N–H and O–H groups in total. The van der Waals surface area contributed by atoms with E-state index in [9.17, 15) is 17.8 Å². The van der Waals surface area contributed by atoms with Crippen molar-refractivity contribution in [2.75, 3.05) is 0 Å². The summed E-state index contributed by atoms with van der Waals surface area (Å²) >= 11 is 0.